The van der Waals surface area contributed by atoms with Gasteiger partial charge in [0.25, 0.3) is 11.5 Å². The monoisotopic (exact) mass is 505 g/mol. The number of benzene rings is 3. The fourth-order valence-electron chi connectivity index (χ4n) is 4.19. The first kappa shape index (κ1) is 23.5. The van der Waals surface area contributed by atoms with Crippen molar-refractivity contribution in [2.45, 2.75) is 23.8 Å². The molecule has 0 bridgehead atoms. The Balaban J connectivity index is 1.58. The summed E-state index contributed by atoms with van der Waals surface area (Å²) >= 11 is 7.49. The first-order chi connectivity index (χ1) is 17.0. The molecule has 35 heavy (non-hydrogen) atoms. The number of ether oxygens (including phenoxy) is 1. The number of carbonyl (C=O) groups excluding carboxylic acids is 1. The molecule has 0 saturated carbocycles. The van der Waals surface area contributed by atoms with Crippen molar-refractivity contribution in [2.75, 3.05) is 20.2 Å². The Kier molecular flexibility index (Phi) is 6.79. The van der Waals surface area contributed by atoms with Gasteiger partial charge in [-0.2, -0.15) is 0 Å². The molecule has 0 aliphatic carbocycles. The highest BCUT2D eigenvalue weighted by atomic mass is 35.5. The average Bonchev–Trinajstić information content (AvgIpc) is 3.43. The van der Waals surface area contributed by atoms with Gasteiger partial charge < -0.3 is 9.64 Å². The van der Waals surface area contributed by atoms with Crippen molar-refractivity contribution in [3.05, 3.63) is 93.2 Å². The largest absolute Gasteiger partial charge is 0.497 e. The Hall–Kier alpha value is -3.29. The maximum absolute atomic E-state index is 13.7. The summed E-state index contributed by atoms with van der Waals surface area (Å²) in [6.45, 7) is 1.54. The van der Waals surface area contributed by atoms with Crippen molar-refractivity contribution < 1.29 is 9.53 Å². The number of fused-ring (bicyclic) bond motifs is 1. The number of amides is 1. The van der Waals surface area contributed by atoms with Crippen LogP contribution in [0.1, 0.15) is 28.8 Å². The number of rotatable bonds is 6. The summed E-state index contributed by atoms with van der Waals surface area (Å²) in [5, 5.41) is 1.69. The molecular weight excluding hydrogens is 482 g/mol. The zero-order valence-corrected chi connectivity index (χ0v) is 20.8. The Morgan fingerprint density at radius 2 is 1.74 bits per heavy atom. The van der Waals surface area contributed by atoms with Gasteiger partial charge >= 0.3 is 0 Å². The van der Waals surface area contributed by atoms with Gasteiger partial charge in [-0.25, -0.2) is 4.98 Å². The van der Waals surface area contributed by atoms with E-state index < -0.39 is 0 Å². The van der Waals surface area contributed by atoms with E-state index in [2.05, 4.69) is 0 Å². The van der Waals surface area contributed by atoms with E-state index in [1.807, 2.05) is 53.4 Å². The quantitative estimate of drug-likeness (QED) is 0.253. The van der Waals surface area contributed by atoms with Gasteiger partial charge in [0.15, 0.2) is 5.16 Å². The van der Waals surface area contributed by atoms with E-state index in [0.717, 1.165) is 31.5 Å². The highest BCUT2D eigenvalue weighted by molar-refractivity contribution is 7.98. The number of thioether (sulfide) groups is 1. The number of methoxy groups -OCH3 is 1. The SMILES string of the molecule is COc1ccc(-n2c(SCc3ccc(Cl)cc3)nc3cc(C(=O)N4CCCC4)ccc3c2=O)cc1. The number of halogens is 1. The molecule has 4 aromatic rings. The van der Waals surface area contributed by atoms with Gasteiger partial charge in [-0.05, 0) is 73.0 Å². The maximum atomic E-state index is 13.7. The second kappa shape index (κ2) is 10.1. The third-order valence-corrected chi connectivity index (χ3v) is 7.35. The van der Waals surface area contributed by atoms with Crippen LogP contribution < -0.4 is 10.3 Å². The van der Waals surface area contributed by atoms with E-state index in [1.54, 1.807) is 29.9 Å². The number of aromatic nitrogens is 2. The minimum atomic E-state index is -0.182. The van der Waals surface area contributed by atoms with Crippen LogP contribution >= 0.6 is 23.4 Å². The molecule has 0 radical (unpaired) electrons. The number of likely N-dealkylation sites (tertiary alicyclic amines) is 1. The summed E-state index contributed by atoms with van der Waals surface area (Å²) in [7, 11) is 1.60. The lowest BCUT2D eigenvalue weighted by molar-refractivity contribution is 0.0793. The standard InChI is InChI=1S/C27H24ClN3O3S/c1-34-22-11-9-21(10-12-22)31-26(33)23-13-6-19(25(32)30-14-2-3-15-30)16-24(23)29-27(31)35-17-18-4-7-20(28)8-5-18/h4-13,16H,2-3,14-15,17H2,1H3. The van der Waals surface area contributed by atoms with E-state index in [1.165, 1.54) is 11.8 Å². The first-order valence-corrected chi connectivity index (χ1v) is 12.8. The third kappa shape index (κ3) is 4.92. The summed E-state index contributed by atoms with van der Waals surface area (Å²) in [4.78, 5) is 33.3. The molecule has 1 amide bonds. The molecule has 1 fully saturated rings. The van der Waals surface area contributed by atoms with Crippen molar-refractivity contribution in [1.82, 2.24) is 14.5 Å². The van der Waals surface area contributed by atoms with Crippen LogP contribution in [-0.2, 0) is 5.75 Å². The summed E-state index contributed by atoms with van der Waals surface area (Å²) < 4.78 is 6.89. The van der Waals surface area contributed by atoms with Crippen LogP contribution in [0.5, 0.6) is 5.75 Å². The van der Waals surface area contributed by atoms with Crippen molar-refractivity contribution in [3.8, 4) is 11.4 Å². The van der Waals surface area contributed by atoms with Gasteiger partial charge in [-0.15, -0.1) is 0 Å². The minimum absolute atomic E-state index is 0.0131. The average molecular weight is 506 g/mol. The molecule has 1 aliphatic heterocycles. The van der Waals surface area contributed by atoms with Crippen molar-refractivity contribution in [1.29, 1.82) is 0 Å². The molecular formula is C27H24ClN3O3S. The summed E-state index contributed by atoms with van der Waals surface area (Å²) in [6.07, 6.45) is 2.05. The van der Waals surface area contributed by atoms with Crippen molar-refractivity contribution in [2.24, 2.45) is 0 Å². The lowest BCUT2D eigenvalue weighted by Crippen LogP contribution is -2.28. The predicted molar refractivity (Wildman–Crippen MR) is 140 cm³/mol. The molecule has 0 spiro atoms. The topological polar surface area (TPSA) is 64.4 Å². The van der Waals surface area contributed by atoms with Crippen LogP contribution in [0.2, 0.25) is 5.02 Å². The van der Waals surface area contributed by atoms with Gasteiger partial charge in [0, 0.05) is 29.4 Å². The number of hydrogen-bond acceptors (Lipinski definition) is 5. The third-order valence-electron chi connectivity index (χ3n) is 6.09. The molecule has 3 aromatic carbocycles. The second-order valence-electron chi connectivity index (χ2n) is 8.38. The van der Waals surface area contributed by atoms with Crippen LogP contribution in [0.15, 0.2) is 76.7 Å². The molecule has 6 nitrogen and oxygen atoms in total. The highest BCUT2D eigenvalue weighted by Gasteiger charge is 2.21. The first-order valence-electron chi connectivity index (χ1n) is 11.4. The van der Waals surface area contributed by atoms with Crippen LogP contribution in [0.25, 0.3) is 16.6 Å². The maximum Gasteiger partial charge on any atom is 0.266 e. The van der Waals surface area contributed by atoms with E-state index in [0.29, 0.717) is 43.8 Å². The van der Waals surface area contributed by atoms with Crippen molar-refractivity contribution in [3.63, 3.8) is 0 Å². The van der Waals surface area contributed by atoms with E-state index in [4.69, 9.17) is 21.3 Å². The smallest absolute Gasteiger partial charge is 0.266 e. The molecule has 5 rings (SSSR count). The van der Waals surface area contributed by atoms with Crippen LogP contribution in [0, 0.1) is 0 Å². The molecule has 1 aromatic heterocycles. The summed E-state index contributed by atoms with van der Waals surface area (Å²) in [6, 6.07) is 20.1. The fourth-order valence-corrected chi connectivity index (χ4v) is 5.28. The highest BCUT2D eigenvalue weighted by Crippen LogP contribution is 2.27. The normalized spacial score (nSPS) is 13.4. The molecule has 0 N–H and O–H groups in total. The Morgan fingerprint density at radius 3 is 2.43 bits per heavy atom. The van der Waals surface area contributed by atoms with E-state index in [9.17, 15) is 9.59 Å². The molecule has 178 valence electrons. The molecule has 8 heteroatoms. The van der Waals surface area contributed by atoms with E-state index >= 15 is 0 Å². The Bertz CT molecular complexity index is 1430. The molecule has 2 heterocycles. The van der Waals surface area contributed by atoms with Gasteiger partial charge in [0.2, 0.25) is 0 Å². The number of carbonyl (C=O) groups is 1. The predicted octanol–water partition coefficient (Wildman–Crippen LogP) is 5.58. The summed E-state index contributed by atoms with van der Waals surface area (Å²) in [5.41, 5.74) is 2.65. The zero-order chi connectivity index (χ0) is 24.4. The second-order valence-corrected chi connectivity index (χ2v) is 9.76. The van der Waals surface area contributed by atoms with Crippen LogP contribution in [-0.4, -0.2) is 40.6 Å². The van der Waals surface area contributed by atoms with Gasteiger partial charge in [0.05, 0.1) is 23.7 Å². The number of hydrogen-bond donors (Lipinski definition) is 0. The Morgan fingerprint density at radius 1 is 1.03 bits per heavy atom. The summed E-state index contributed by atoms with van der Waals surface area (Å²) in [5.74, 6) is 1.30. The molecule has 0 atom stereocenters. The Labute approximate surface area is 212 Å². The van der Waals surface area contributed by atoms with Gasteiger partial charge in [-0.1, -0.05) is 35.5 Å². The fraction of sp³-hybridized carbons (Fsp3) is 0.222. The molecule has 1 aliphatic rings. The van der Waals surface area contributed by atoms with E-state index in [-0.39, 0.29) is 11.5 Å². The number of nitrogens with zero attached hydrogens (tertiary/aromatic N) is 3. The molecule has 1 saturated heterocycles. The lowest BCUT2D eigenvalue weighted by atomic mass is 10.1. The van der Waals surface area contributed by atoms with Crippen molar-refractivity contribution >= 4 is 40.2 Å². The van der Waals surface area contributed by atoms with Crippen LogP contribution in [0.3, 0.4) is 0 Å². The molecule has 0 unspecified atom stereocenters. The zero-order valence-electron chi connectivity index (χ0n) is 19.2. The lowest BCUT2D eigenvalue weighted by Gasteiger charge is -2.16. The van der Waals surface area contributed by atoms with Gasteiger partial charge in [0.1, 0.15) is 5.75 Å². The minimum Gasteiger partial charge on any atom is -0.497 e. The van der Waals surface area contributed by atoms with Crippen LogP contribution in [0.4, 0.5) is 0 Å². The van der Waals surface area contributed by atoms with Gasteiger partial charge in [-0.3, -0.25) is 14.2 Å².